The number of benzene rings is 2. The van der Waals surface area contributed by atoms with Gasteiger partial charge in [-0.1, -0.05) is 20.8 Å². The van der Waals surface area contributed by atoms with Gasteiger partial charge in [-0.05, 0) is 66.6 Å². The molecule has 2 aromatic heterocycles. The van der Waals surface area contributed by atoms with E-state index in [1.165, 1.54) is 11.1 Å². The largest absolute Gasteiger partial charge is 0.435 e. The smallest absolute Gasteiger partial charge is 0.254 e. The molecule has 0 saturated carbocycles. The van der Waals surface area contributed by atoms with Gasteiger partial charge in [-0.2, -0.15) is 0 Å². The van der Waals surface area contributed by atoms with Crippen molar-refractivity contribution in [1.29, 1.82) is 0 Å². The molecule has 0 fully saturated rings. The van der Waals surface area contributed by atoms with Crippen molar-refractivity contribution in [2.45, 2.75) is 46.6 Å². The van der Waals surface area contributed by atoms with E-state index in [9.17, 15) is 4.79 Å². The van der Waals surface area contributed by atoms with Gasteiger partial charge in [0.2, 0.25) is 5.89 Å². The average molecular weight is 485 g/mol. The number of anilines is 2. The average Bonchev–Trinajstić information content (AvgIpc) is 3.15. The number of amides is 1. The minimum absolute atomic E-state index is 0.00430. The number of nitrogen functional groups attached to an aromatic ring is 1. The number of nitrogens with zero attached hydrogens (tertiary/aromatic N) is 4. The highest BCUT2D eigenvalue weighted by Gasteiger charge is 2.36. The van der Waals surface area contributed by atoms with Crippen molar-refractivity contribution >= 4 is 28.4 Å². The van der Waals surface area contributed by atoms with Gasteiger partial charge in [-0.25, -0.2) is 9.97 Å². The maximum atomic E-state index is 13.8. The maximum Gasteiger partial charge on any atom is 0.254 e. The van der Waals surface area contributed by atoms with E-state index in [-0.39, 0.29) is 17.4 Å². The molecule has 1 amide bonds. The van der Waals surface area contributed by atoms with Gasteiger partial charge in [0, 0.05) is 31.4 Å². The van der Waals surface area contributed by atoms with Crippen LogP contribution >= 0.6 is 0 Å². The molecule has 8 nitrogen and oxygen atoms in total. The monoisotopic (exact) mass is 484 g/mol. The van der Waals surface area contributed by atoms with Gasteiger partial charge in [-0.15, -0.1) is 0 Å². The van der Waals surface area contributed by atoms with Crippen molar-refractivity contribution in [2.24, 2.45) is 5.41 Å². The normalized spacial score (nSPS) is 16.0. The van der Waals surface area contributed by atoms with Crippen LogP contribution in [0.2, 0.25) is 0 Å². The van der Waals surface area contributed by atoms with Crippen LogP contribution in [-0.2, 0) is 12.8 Å². The van der Waals surface area contributed by atoms with Gasteiger partial charge in [-0.3, -0.25) is 9.78 Å². The molecule has 4 aromatic rings. The van der Waals surface area contributed by atoms with Crippen LogP contribution in [0.4, 0.5) is 11.4 Å². The fraction of sp³-hybridized carbons (Fsp3) is 0.357. The Balaban J connectivity index is 1.50. The van der Waals surface area contributed by atoms with Gasteiger partial charge in [0.1, 0.15) is 11.2 Å². The van der Waals surface area contributed by atoms with Crippen molar-refractivity contribution in [1.82, 2.24) is 19.9 Å². The van der Waals surface area contributed by atoms with Crippen molar-refractivity contribution in [2.75, 3.05) is 24.6 Å². The molecule has 0 spiro atoms. The van der Waals surface area contributed by atoms with Gasteiger partial charge < -0.3 is 20.4 Å². The minimum atomic E-state index is -0.129. The van der Waals surface area contributed by atoms with Crippen LogP contribution in [0.25, 0.3) is 22.7 Å². The highest BCUT2D eigenvalue weighted by Crippen LogP contribution is 2.35. The van der Waals surface area contributed by atoms with E-state index in [1.54, 1.807) is 25.5 Å². The lowest BCUT2D eigenvalue weighted by molar-refractivity contribution is 0.0532. The lowest BCUT2D eigenvalue weighted by Crippen LogP contribution is -2.48. The van der Waals surface area contributed by atoms with Gasteiger partial charge in [0.15, 0.2) is 5.58 Å². The van der Waals surface area contributed by atoms with E-state index in [2.05, 4.69) is 53.2 Å². The van der Waals surface area contributed by atoms with Gasteiger partial charge in [0.05, 0.1) is 23.3 Å². The summed E-state index contributed by atoms with van der Waals surface area (Å²) in [4.78, 5) is 29.2. The number of rotatable bonds is 3. The minimum Gasteiger partial charge on any atom is -0.435 e. The molecule has 3 heterocycles. The first kappa shape index (κ1) is 23.8. The second kappa shape index (κ2) is 8.93. The number of hydrogen-bond acceptors (Lipinski definition) is 7. The first-order valence-corrected chi connectivity index (χ1v) is 12.2. The van der Waals surface area contributed by atoms with E-state index in [1.807, 2.05) is 24.0 Å². The van der Waals surface area contributed by atoms with Gasteiger partial charge in [0.25, 0.3) is 5.91 Å². The highest BCUT2D eigenvalue weighted by atomic mass is 16.3. The molecule has 5 rings (SSSR count). The number of nitrogens with one attached hydrogen (secondary N) is 1. The number of hydrogen-bond donors (Lipinski definition) is 2. The van der Waals surface area contributed by atoms with Crippen LogP contribution < -0.4 is 11.1 Å². The molecule has 2 aromatic carbocycles. The Bertz CT molecular complexity index is 1440. The molecule has 8 heteroatoms. The Hall–Kier alpha value is -3.94. The summed E-state index contributed by atoms with van der Waals surface area (Å²) in [6.45, 7) is 9.07. The van der Waals surface area contributed by atoms with Crippen LogP contribution in [0.15, 0.2) is 47.1 Å². The quantitative estimate of drug-likeness (QED) is 0.399. The van der Waals surface area contributed by atoms with Crippen molar-refractivity contribution < 1.29 is 9.21 Å². The zero-order valence-corrected chi connectivity index (χ0v) is 21.4. The number of nitrogens with two attached hydrogens (primary N) is 1. The summed E-state index contributed by atoms with van der Waals surface area (Å²) in [7, 11) is 1.81. The van der Waals surface area contributed by atoms with Crippen molar-refractivity contribution in [3.63, 3.8) is 0 Å². The van der Waals surface area contributed by atoms with Crippen LogP contribution in [0.3, 0.4) is 0 Å². The zero-order valence-electron chi connectivity index (χ0n) is 21.4. The molecule has 1 atom stereocenters. The Kier molecular flexibility index (Phi) is 5.90. The summed E-state index contributed by atoms with van der Waals surface area (Å²) in [6, 6.07) is 9.61. The van der Waals surface area contributed by atoms with E-state index in [0.29, 0.717) is 29.4 Å². The second-order valence-electron chi connectivity index (χ2n) is 10.5. The van der Waals surface area contributed by atoms with E-state index in [0.717, 1.165) is 35.3 Å². The first-order chi connectivity index (χ1) is 17.1. The van der Waals surface area contributed by atoms with E-state index in [4.69, 9.17) is 10.2 Å². The Morgan fingerprint density at radius 1 is 1.14 bits per heavy atom. The third-order valence-corrected chi connectivity index (χ3v) is 6.95. The lowest BCUT2D eigenvalue weighted by Gasteiger charge is -2.39. The maximum absolute atomic E-state index is 13.8. The van der Waals surface area contributed by atoms with Crippen LogP contribution in [0, 0.1) is 12.3 Å². The number of fused-ring (bicyclic) bond motifs is 2. The zero-order chi connectivity index (χ0) is 25.6. The molecule has 0 bridgehead atoms. The summed E-state index contributed by atoms with van der Waals surface area (Å²) >= 11 is 0. The summed E-state index contributed by atoms with van der Waals surface area (Å²) in [5.41, 5.74) is 13.3. The SMILES string of the molecule is CNc1cc(C(=O)N2CCc3cc4nc(-c5cnc(C)cn5)oc4cc3C[C@@H]2C(C)(C)C)ccc1N. The Morgan fingerprint density at radius 3 is 2.64 bits per heavy atom. The van der Waals surface area contributed by atoms with E-state index < -0.39 is 0 Å². The number of carbonyl (C=O) groups excluding carboxylic acids is 1. The number of aryl methyl sites for hydroxylation is 1. The summed E-state index contributed by atoms with van der Waals surface area (Å²) < 4.78 is 6.09. The molecule has 3 N–H and O–H groups in total. The molecule has 0 radical (unpaired) electrons. The lowest BCUT2D eigenvalue weighted by atomic mass is 9.81. The van der Waals surface area contributed by atoms with Crippen LogP contribution in [0.5, 0.6) is 0 Å². The van der Waals surface area contributed by atoms with Crippen molar-refractivity contribution in [3.05, 3.63) is 65.1 Å². The molecule has 1 aliphatic rings. The predicted octanol–water partition coefficient (Wildman–Crippen LogP) is 4.87. The molecular weight excluding hydrogens is 452 g/mol. The molecule has 1 aliphatic heterocycles. The molecule has 36 heavy (non-hydrogen) atoms. The summed E-state index contributed by atoms with van der Waals surface area (Å²) in [5, 5.41) is 3.07. The summed E-state index contributed by atoms with van der Waals surface area (Å²) in [5.74, 6) is 0.479. The van der Waals surface area contributed by atoms with Crippen LogP contribution in [0.1, 0.15) is 48.0 Å². The summed E-state index contributed by atoms with van der Waals surface area (Å²) in [6.07, 6.45) is 4.86. The molecule has 186 valence electrons. The number of carbonyl (C=O) groups is 1. The molecular formula is C28H32N6O2. The first-order valence-electron chi connectivity index (χ1n) is 12.2. The molecule has 0 saturated heterocycles. The highest BCUT2D eigenvalue weighted by molar-refractivity contribution is 5.96. The van der Waals surface area contributed by atoms with Crippen LogP contribution in [-0.4, -0.2) is 45.4 Å². The standard InChI is InChI=1S/C28H32N6O2/c1-16-14-32-23(15-31-16)26-33-22-10-17-8-9-34(27(35)18-6-7-20(29)21(11-18)30-5)25(28(2,3)4)13-19(17)12-24(22)36-26/h6-7,10-12,14-15,25,30H,8-9,13,29H2,1-5H3/t25-/m1/s1. The molecule has 0 unspecified atom stereocenters. The third-order valence-electron chi connectivity index (χ3n) is 6.95. The number of aromatic nitrogens is 3. The third kappa shape index (κ3) is 4.39. The van der Waals surface area contributed by atoms with Crippen molar-refractivity contribution in [3.8, 4) is 11.6 Å². The number of oxazole rings is 1. The second-order valence-corrected chi connectivity index (χ2v) is 10.5. The predicted molar refractivity (Wildman–Crippen MR) is 142 cm³/mol. The van der Waals surface area contributed by atoms with E-state index >= 15 is 0 Å². The Morgan fingerprint density at radius 2 is 1.94 bits per heavy atom. The fourth-order valence-electron chi connectivity index (χ4n) is 4.90. The Labute approximate surface area is 211 Å². The van der Waals surface area contributed by atoms with Gasteiger partial charge >= 0.3 is 0 Å². The molecule has 0 aliphatic carbocycles. The fourth-order valence-corrected chi connectivity index (χ4v) is 4.90. The topological polar surface area (TPSA) is 110 Å².